The summed E-state index contributed by atoms with van der Waals surface area (Å²) in [5.41, 5.74) is 0. The SMILES string of the molecule is C[N+](C)(C)CCCO.O=C[O-]. The van der Waals surface area contributed by atoms with Crippen molar-refractivity contribution in [1.29, 1.82) is 0 Å². The van der Waals surface area contributed by atoms with Crippen LogP contribution in [0, 0.1) is 0 Å². The van der Waals surface area contributed by atoms with Crippen LogP contribution in [0.2, 0.25) is 0 Å². The van der Waals surface area contributed by atoms with Gasteiger partial charge in [0.1, 0.15) is 0 Å². The van der Waals surface area contributed by atoms with E-state index in [1.165, 1.54) is 0 Å². The molecule has 0 spiro atoms. The first-order valence-electron chi connectivity index (χ1n) is 3.45. The van der Waals surface area contributed by atoms with Gasteiger partial charge in [-0.05, 0) is 0 Å². The second kappa shape index (κ2) is 7.50. The van der Waals surface area contributed by atoms with Crippen molar-refractivity contribution in [2.45, 2.75) is 6.42 Å². The summed E-state index contributed by atoms with van der Waals surface area (Å²) in [4.78, 5) is 8.25. The molecule has 0 aromatic carbocycles. The van der Waals surface area contributed by atoms with Gasteiger partial charge in [0, 0.05) is 19.5 Å². The number of carbonyl (C=O) groups excluding carboxylic acids is 1. The Labute approximate surface area is 67.7 Å². The van der Waals surface area contributed by atoms with Crippen LogP contribution in [0.5, 0.6) is 0 Å². The highest BCUT2D eigenvalue weighted by Gasteiger charge is 2.03. The Hall–Kier alpha value is -0.610. The summed E-state index contributed by atoms with van der Waals surface area (Å²) >= 11 is 0. The molecular weight excluding hydrogens is 146 g/mol. The molecule has 4 nitrogen and oxygen atoms in total. The average Bonchev–Trinajstić information content (AvgIpc) is 1.84. The second-order valence-electron chi connectivity index (χ2n) is 3.19. The van der Waals surface area contributed by atoms with Gasteiger partial charge in [-0.1, -0.05) is 0 Å². The Morgan fingerprint density at radius 2 is 1.82 bits per heavy atom. The minimum atomic E-state index is -0.500. The van der Waals surface area contributed by atoms with Gasteiger partial charge in [-0.15, -0.1) is 0 Å². The van der Waals surface area contributed by atoms with Crippen molar-refractivity contribution in [3.8, 4) is 0 Å². The number of aliphatic hydroxyl groups excluding tert-OH is 1. The number of carbonyl (C=O) groups is 1. The molecule has 0 aliphatic rings. The van der Waals surface area contributed by atoms with Gasteiger partial charge in [-0.2, -0.15) is 0 Å². The molecule has 0 fully saturated rings. The minimum Gasteiger partial charge on any atom is -0.554 e. The highest BCUT2D eigenvalue weighted by molar-refractivity contribution is 5.29. The molecule has 0 radical (unpaired) electrons. The predicted octanol–water partition coefficient (Wildman–Crippen LogP) is -1.56. The quantitative estimate of drug-likeness (QED) is 0.404. The summed E-state index contributed by atoms with van der Waals surface area (Å²) < 4.78 is 0.945. The first-order valence-corrected chi connectivity index (χ1v) is 3.45. The lowest BCUT2D eigenvalue weighted by Gasteiger charge is -2.22. The zero-order valence-corrected chi connectivity index (χ0v) is 7.41. The Kier molecular flexibility index (Phi) is 8.87. The number of rotatable bonds is 3. The normalized spacial score (nSPS) is 9.82. The minimum absolute atomic E-state index is 0.315. The Morgan fingerprint density at radius 1 is 1.45 bits per heavy atom. The molecule has 0 aromatic rings. The maximum absolute atomic E-state index is 8.42. The van der Waals surface area contributed by atoms with E-state index in [9.17, 15) is 0 Å². The maximum Gasteiger partial charge on any atom is 0.0802 e. The Morgan fingerprint density at radius 3 is 1.91 bits per heavy atom. The molecule has 0 bridgehead atoms. The number of carboxylic acid groups (broad SMARTS) is 1. The molecule has 0 atom stereocenters. The standard InChI is InChI=1S/C6H16NO.CH2O2/c1-7(2,3)5-4-6-8;2-1-3/h8H,4-6H2,1-3H3;1H,(H,2,3)/q+1;/p-1. The van der Waals surface area contributed by atoms with Crippen LogP contribution in [0.15, 0.2) is 0 Å². The zero-order chi connectivity index (χ0) is 9.33. The Balaban J connectivity index is 0. The fourth-order valence-electron chi connectivity index (χ4n) is 0.545. The fourth-order valence-corrected chi connectivity index (χ4v) is 0.545. The van der Waals surface area contributed by atoms with Crippen molar-refractivity contribution in [2.24, 2.45) is 0 Å². The van der Waals surface area contributed by atoms with Crippen molar-refractivity contribution in [3.63, 3.8) is 0 Å². The van der Waals surface area contributed by atoms with Crippen molar-refractivity contribution >= 4 is 6.47 Å². The highest BCUT2D eigenvalue weighted by Crippen LogP contribution is 1.90. The van der Waals surface area contributed by atoms with Gasteiger partial charge in [0.25, 0.3) is 0 Å². The number of aliphatic hydroxyl groups is 1. The van der Waals surface area contributed by atoms with Gasteiger partial charge < -0.3 is 19.5 Å². The third-order valence-corrected chi connectivity index (χ3v) is 0.987. The van der Waals surface area contributed by atoms with E-state index in [1.807, 2.05) is 0 Å². The molecule has 68 valence electrons. The van der Waals surface area contributed by atoms with Crippen LogP contribution in [0.4, 0.5) is 0 Å². The van der Waals surface area contributed by atoms with Crippen LogP contribution in [0.25, 0.3) is 0 Å². The molecule has 0 amide bonds. The van der Waals surface area contributed by atoms with Gasteiger partial charge in [0.2, 0.25) is 0 Å². The van der Waals surface area contributed by atoms with Gasteiger partial charge >= 0.3 is 0 Å². The lowest BCUT2D eigenvalue weighted by atomic mass is 10.4. The topological polar surface area (TPSA) is 60.4 Å². The van der Waals surface area contributed by atoms with Crippen LogP contribution in [0.1, 0.15) is 6.42 Å². The lowest BCUT2D eigenvalue weighted by molar-refractivity contribution is -0.870. The van der Waals surface area contributed by atoms with E-state index in [0.29, 0.717) is 6.61 Å². The van der Waals surface area contributed by atoms with Crippen LogP contribution >= 0.6 is 0 Å². The third-order valence-electron chi connectivity index (χ3n) is 0.987. The second-order valence-corrected chi connectivity index (χ2v) is 3.19. The van der Waals surface area contributed by atoms with Crippen LogP contribution in [-0.4, -0.2) is 50.4 Å². The smallest absolute Gasteiger partial charge is 0.0802 e. The number of quaternary nitrogens is 1. The van der Waals surface area contributed by atoms with E-state index in [2.05, 4.69) is 21.1 Å². The molecule has 0 saturated heterocycles. The first kappa shape index (κ1) is 13.0. The van der Waals surface area contributed by atoms with E-state index >= 15 is 0 Å². The fraction of sp³-hybridized carbons (Fsp3) is 0.857. The van der Waals surface area contributed by atoms with Crippen LogP contribution in [0.3, 0.4) is 0 Å². The number of hydrogen-bond donors (Lipinski definition) is 1. The summed E-state index contributed by atoms with van der Waals surface area (Å²) in [6, 6.07) is 0. The van der Waals surface area contributed by atoms with Crippen molar-refractivity contribution in [3.05, 3.63) is 0 Å². The zero-order valence-electron chi connectivity index (χ0n) is 7.41. The molecular formula is C7H17NO3. The molecule has 0 heterocycles. The summed E-state index contributed by atoms with van der Waals surface area (Å²) in [7, 11) is 6.36. The third kappa shape index (κ3) is 26.6. The molecule has 4 heteroatoms. The predicted molar refractivity (Wildman–Crippen MR) is 40.7 cm³/mol. The summed E-state index contributed by atoms with van der Waals surface area (Å²) in [5, 5.41) is 16.7. The van der Waals surface area contributed by atoms with E-state index in [4.69, 9.17) is 15.0 Å². The molecule has 0 aliphatic carbocycles. The molecule has 11 heavy (non-hydrogen) atoms. The molecule has 0 aromatic heterocycles. The summed E-state index contributed by atoms with van der Waals surface area (Å²) in [5.74, 6) is 0. The summed E-state index contributed by atoms with van der Waals surface area (Å²) in [6.45, 7) is 0.867. The molecule has 0 unspecified atom stereocenters. The van der Waals surface area contributed by atoms with Crippen LogP contribution in [-0.2, 0) is 4.79 Å². The van der Waals surface area contributed by atoms with Gasteiger partial charge in [-0.25, -0.2) is 0 Å². The monoisotopic (exact) mass is 163 g/mol. The average molecular weight is 163 g/mol. The van der Waals surface area contributed by atoms with Crippen molar-refractivity contribution < 1.29 is 19.5 Å². The maximum atomic E-state index is 8.42. The van der Waals surface area contributed by atoms with E-state index in [1.54, 1.807) is 0 Å². The van der Waals surface area contributed by atoms with Gasteiger partial charge in [0.05, 0.1) is 27.7 Å². The molecule has 0 saturated carbocycles. The van der Waals surface area contributed by atoms with E-state index in [0.717, 1.165) is 17.4 Å². The van der Waals surface area contributed by atoms with Gasteiger partial charge in [-0.3, -0.25) is 0 Å². The van der Waals surface area contributed by atoms with Crippen molar-refractivity contribution in [1.82, 2.24) is 0 Å². The summed E-state index contributed by atoms with van der Waals surface area (Å²) in [6.07, 6.45) is 0.906. The number of nitrogens with zero attached hydrogens (tertiary/aromatic N) is 1. The van der Waals surface area contributed by atoms with Crippen LogP contribution < -0.4 is 5.11 Å². The van der Waals surface area contributed by atoms with E-state index in [-0.39, 0.29) is 0 Å². The van der Waals surface area contributed by atoms with Gasteiger partial charge in [0.15, 0.2) is 0 Å². The first-order chi connectivity index (χ1) is 4.97. The van der Waals surface area contributed by atoms with Crippen molar-refractivity contribution in [2.75, 3.05) is 34.3 Å². The molecule has 1 N–H and O–H groups in total. The number of hydrogen-bond acceptors (Lipinski definition) is 3. The Bertz CT molecular complexity index is 88.2. The lowest BCUT2D eigenvalue weighted by Crippen LogP contribution is -2.35. The van der Waals surface area contributed by atoms with E-state index < -0.39 is 6.47 Å². The molecule has 0 rings (SSSR count). The highest BCUT2D eigenvalue weighted by atomic mass is 16.3. The molecule has 0 aliphatic heterocycles. The largest absolute Gasteiger partial charge is 0.554 e.